The number of unbranched alkanes of at least 4 members (excludes halogenated alkanes) is 27. The zero-order chi connectivity index (χ0) is 56.9. The third-order valence-corrected chi connectivity index (χ3v) is 14.2. The Morgan fingerprint density at radius 3 is 1.03 bits per heavy atom. The van der Waals surface area contributed by atoms with Crippen molar-refractivity contribution in [1.29, 1.82) is 0 Å². The van der Waals surface area contributed by atoms with Crippen molar-refractivity contribution in [3.63, 3.8) is 0 Å². The molecule has 11 nitrogen and oxygen atoms in total. The first-order chi connectivity index (χ1) is 38.2. The van der Waals surface area contributed by atoms with Crippen LogP contribution >= 0.6 is 7.82 Å². The minimum absolute atomic E-state index is 0.156. The van der Waals surface area contributed by atoms with Crippen molar-refractivity contribution in [2.75, 3.05) is 26.4 Å². The summed E-state index contributed by atoms with van der Waals surface area (Å²) in [4.78, 5) is 48.7. The van der Waals surface area contributed by atoms with Gasteiger partial charge in [0.25, 0.3) is 0 Å². The lowest BCUT2D eigenvalue weighted by atomic mass is 10.1. The number of carbonyl (C=O) groups excluding carboxylic acids is 3. The number of allylic oxidation sites excluding steroid dienone is 14. The molecule has 0 aliphatic carbocycles. The van der Waals surface area contributed by atoms with Gasteiger partial charge in [-0.15, -0.1) is 0 Å². The zero-order valence-electron chi connectivity index (χ0n) is 49.9. The van der Waals surface area contributed by atoms with Gasteiger partial charge in [-0.05, 0) is 116 Å². The second kappa shape index (κ2) is 59.8. The summed E-state index contributed by atoms with van der Waals surface area (Å²) in [6.07, 6.45) is 69.5. The maximum Gasteiger partial charge on any atom is 0.472 e. The summed E-state index contributed by atoms with van der Waals surface area (Å²) in [7, 11) is -4.76. The Hall–Kier alpha value is -3.34. The SMILES string of the molecule is CC/C=C\C/C=C\C/C=C\CCCCCCCC(=O)OCC(COP(=O)(O)OCC(CO)OC(=O)CCCCCCCCC/C=C\C/C=C\CCCCC)OC(=O)CCCCCCCCCCC/C=C\C/C=C\CCCCC. The number of carbonyl (C=O) groups is 3. The molecule has 0 aromatic heterocycles. The molecule has 0 radical (unpaired) electrons. The first kappa shape index (κ1) is 74.7. The Morgan fingerprint density at radius 2 is 0.667 bits per heavy atom. The molecule has 78 heavy (non-hydrogen) atoms. The summed E-state index contributed by atoms with van der Waals surface area (Å²) in [6.45, 7) is 4.48. The second-order valence-electron chi connectivity index (χ2n) is 20.8. The number of phosphoric acid groups is 1. The lowest BCUT2D eigenvalue weighted by Crippen LogP contribution is -2.30. The fraction of sp³-hybridized carbons (Fsp3) is 0.742. The Morgan fingerprint density at radius 1 is 0.372 bits per heavy atom. The van der Waals surface area contributed by atoms with Crippen LogP contribution in [0.15, 0.2) is 85.1 Å². The van der Waals surface area contributed by atoms with E-state index in [2.05, 4.69) is 106 Å². The molecule has 0 saturated heterocycles. The van der Waals surface area contributed by atoms with Crippen molar-refractivity contribution in [3.05, 3.63) is 85.1 Å². The molecule has 3 unspecified atom stereocenters. The number of esters is 3. The normalized spacial score (nSPS) is 13.9. The van der Waals surface area contributed by atoms with Crippen molar-refractivity contribution in [3.8, 4) is 0 Å². The molecule has 0 spiro atoms. The van der Waals surface area contributed by atoms with Gasteiger partial charge < -0.3 is 24.2 Å². The molecule has 0 bridgehead atoms. The first-order valence-corrected chi connectivity index (χ1v) is 33.0. The molecular weight excluding hydrogens is 1000 g/mol. The summed E-state index contributed by atoms with van der Waals surface area (Å²) in [5, 5.41) is 9.85. The summed E-state index contributed by atoms with van der Waals surface area (Å²) < 4.78 is 39.6. The predicted molar refractivity (Wildman–Crippen MR) is 325 cm³/mol. The highest BCUT2D eigenvalue weighted by atomic mass is 31.2. The molecule has 0 aliphatic rings. The number of ether oxygens (including phenoxy) is 3. The van der Waals surface area contributed by atoms with Crippen LogP contribution < -0.4 is 0 Å². The third-order valence-electron chi connectivity index (χ3n) is 13.3. The van der Waals surface area contributed by atoms with E-state index in [1.807, 2.05) is 0 Å². The quantitative estimate of drug-likeness (QED) is 0.0197. The van der Waals surface area contributed by atoms with Crippen LogP contribution in [0.4, 0.5) is 0 Å². The summed E-state index contributed by atoms with van der Waals surface area (Å²) in [5.41, 5.74) is 0. The van der Waals surface area contributed by atoms with Gasteiger partial charge in [-0.1, -0.05) is 228 Å². The van der Waals surface area contributed by atoms with Gasteiger partial charge in [0.15, 0.2) is 6.10 Å². The Balaban J connectivity index is 4.72. The topological polar surface area (TPSA) is 155 Å². The third kappa shape index (κ3) is 57.3. The molecule has 0 aromatic carbocycles. The Bertz CT molecular complexity index is 1630. The van der Waals surface area contributed by atoms with Crippen LogP contribution in [0, 0.1) is 0 Å². The molecule has 0 rings (SSSR count). The molecule has 450 valence electrons. The Kier molecular flexibility index (Phi) is 57.2. The zero-order valence-corrected chi connectivity index (χ0v) is 50.8. The van der Waals surface area contributed by atoms with Gasteiger partial charge in [0, 0.05) is 19.3 Å². The van der Waals surface area contributed by atoms with E-state index in [4.69, 9.17) is 23.3 Å². The van der Waals surface area contributed by atoms with Crippen molar-refractivity contribution >= 4 is 25.7 Å². The van der Waals surface area contributed by atoms with E-state index in [1.54, 1.807) is 0 Å². The van der Waals surface area contributed by atoms with Crippen LogP contribution in [0.2, 0.25) is 0 Å². The number of hydrogen-bond donors (Lipinski definition) is 2. The molecule has 2 N–H and O–H groups in total. The van der Waals surface area contributed by atoms with Crippen LogP contribution in [0.25, 0.3) is 0 Å². The fourth-order valence-corrected chi connectivity index (χ4v) is 9.27. The smallest absolute Gasteiger partial charge is 0.462 e. The monoisotopic (exact) mass is 1110 g/mol. The minimum Gasteiger partial charge on any atom is -0.462 e. The van der Waals surface area contributed by atoms with Gasteiger partial charge in [0.1, 0.15) is 12.7 Å². The van der Waals surface area contributed by atoms with Crippen LogP contribution in [-0.2, 0) is 42.2 Å². The van der Waals surface area contributed by atoms with Gasteiger partial charge in [0.2, 0.25) is 0 Å². The van der Waals surface area contributed by atoms with E-state index in [1.165, 1.54) is 96.3 Å². The number of aliphatic hydroxyl groups is 1. The Labute approximate surface area is 477 Å². The highest BCUT2D eigenvalue weighted by Crippen LogP contribution is 2.43. The molecule has 3 atom stereocenters. The van der Waals surface area contributed by atoms with Gasteiger partial charge in [0.05, 0.1) is 19.8 Å². The maximum atomic E-state index is 12.9. The van der Waals surface area contributed by atoms with Crippen molar-refractivity contribution in [2.24, 2.45) is 0 Å². The first-order valence-electron chi connectivity index (χ1n) is 31.5. The number of hydrogen-bond acceptors (Lipinski definition) is 10. The maximum absolute atomic E-state index is 12.9. The average Bonchev–Trinajstić information content (AvgIpc) is 3.43. The molecule has 0 aromatic rings. The van der Waals surface area contributed by atoms with E-state index in [9.17, 15) is 28.9 Å². The van der Waals surface area contributed by atoms with E-state index >= 15 is 0 Å². The average molecular weight is 1120 g/mol. The standard InChI is InChI=1S/C66H115O11P/c1-4-7-10-13-16-19-22-25-28-30-31-33-36-39-42-45-48-51-54-57-66(70)77-63(59-73-64(68)55-52-49-46-43-40-37-34-27-24-21-18-15-12-9-6-3)61-75-78(71,72)74-60-62(58-67)76-65(69)56-53-50-47-44-41-38-35-32-29-26-23-20-17-14-11-8-5-2/h9,12,16-21,25-29,34,62-63,67H,4-8,10-11,13-15,22-24,30-33,35-61H2,1-3H3,(H,71,72)/b12-9-,19-16-,20-17-,21-18-,28-25-,29-26-,34-27-. The molecular formula is C66H115O11P. The predicted octanol–water partition coefficient (Wildman–Crippen LogP) is 19.0. The summed E-state index contributed by atoms with van der Waals surface area (Å²) in [6, 6.07) is 0. The molecule has 0 saturated carbocycles. The van der Waals surface area contributed by atoms with Crippen LogP contribution in [0.1, 0.15) is 278 Å². The second-order valence-corrected chi connectivity index (χ2v) is 22.3. The van der Waals surface area contributed by atoms with Crippen molar-refractivity contribution in [2.45, 2.75) is 290 Å². The van der Waals surface area contributed by atoms with Crippen molar-refractivity contribution in [1.82, 2.24) is 0 Å². The van der Waals surface area contributed by atoms with E-state index < -0.39 is 57.8 Å². The number of aliphatic hydroxyl groups excluding tert-OH is 1. The summed E-state index contributed by atoms with van der Waals surface area (Å²) >= 11 is 0. The molecule has 12 heteroatoms. The van der Waals surface area contributed by atoms with Crippen LogP contribution in [-0.4, -0.2) is 66.5 Å². The number of rotatable bonds is 58. The highest BCUT2D eigenvalue weighted by Gasteiger charge is 2.28. The van der Waals surface area contributed by atoms with Crippen LogP contribution in [0.5, 0.6) is 0 Å². The van der Waals surface area contributed by atoms with Gasteiger partial charge in [-0.25, -0.2) is 4.57 Å². The highest BCUT2D eigenvalue weighted by molar-refractivity contribution is 7.47. The molecule has 0 aliphatic heterocycles. The van der Waals surface area contributed by atoms with E-state index in [-0.39, 0.29) is 25.9 Å². The van der Waals surface area contributed by atoms with E-state index in [0.29, 0.717) is 19.3 Å². The molecule has 0 amide bonds. The van der Waals surface area contributed by atoms with Gasteiger partial charge in [-0.3, -0.25) is 23.4 Å². The molecule has 0 heterocycles. The largest absolute Gasteiger partial charge is 0.472 e. The van der Waals surface area contributed by atoms with Crippen molar-refractivity contribution < 1.29 is 52.2 Å². The fourth-order valence-electron chi connectivity index (χ4n) is 8.49. The molecule has 0 fully saturated rings. The van der Waals surface area contributed by atoms with Gasteiger partial charge >= 0.3 is 25.7 Å². The van der Waals surface area contributed by atoms with Crippen LogP contribution in [0.3, 0.4) is 0 Å². The van der Waals surface area contributed by atoms with E-state index in [0.717, 1.165) is 122 Å². The lowest BCUT2D eigenvalue weighted by Gasteiger charge is -2.21. The summed E-state index contributed by atoms with van der Waals surface area (Å²) in [5.74, 6) is -1.49. The minimum atomic E-state index is -4.76. The van der Waals surface area contributed by atoms with Gasteiger partial charge in [-0.2, -0.15) is 0 Å². The lowest BCUT2D eigenvalue weighted by molar-refractivity contribution is -0.161. The number of phosphoric ester groups is 1.